The maximum atomic E-state index is 5.95. The summed E-state index contributed by atoms with van der Waals surface area (Å²) in [5.74, 6) is 1.69. The van der Waals surface area contributed by atoms with Crippen LogP contribution in [0, 0.1) is 13.8 Å². The third-order valence-corrected chi connectivity index (χ3v) is 5.01. The third kappa shape index (κ3) is 3.51. The number of nitrogens with zero attached hydrogens (tertiary/aromatic N) is 2. The topological polar surface area (TPSA) is 34.6 Å². The molecular formula is C22H24N2O2. The van der Waals surface area contributed by atoms with E-state index >= 15 is 0 Å². The zero-order valence-corrected chi connectivity index (χ0v) is 15.4. The summed E-state index contributed by atoms with van der Waals surface area (Å²) < 4.78 is 11.8. The van der Waals surface area contributed by atoms with Crippen LogP contribution in [0.25, 0.3) is 10.9 Å². The van der Waals surface area contributed by atoms with Gasteiger partial charge in [-0.15, -0.1) is 0 Å². The first kappa shape index (κ1) is 16.9. The number of rotatable bonds is 4. The molecule has 0 spiro atoms. The minimum atomic E-state index is 0.654. The first-order chi connectivity index (χ1) is 12.7. The van der Waals surface area contributed by atoms with Crippen LogP contribution in [0.2, 0.25) is 0 Å². The molecule has 0 fully saturated rings. The van der Waals surface area contributed by atoms with Gasteiger partial charge in [0, 0.05) is 30.6 Å². The molecule has 0 atom stereocenters. The van der Waals surface area contributed by atoms with E-state index in [1.54, 1.807) is 0 Å². The van der Waals surface area contributed by atoms with E-state index in [1.807, 2.05) is 30.3 Å². The van der Waals surface area contributed by atoms with Crippen LogP contribution in [0.5, 0.6) is 11.6 Å². The van der Waals surface area contributed by atoms with E-state index in [9.17, 15) is 0 Å². The molecule has 2 heterocycles. The summed E-state index contributed by atoms with van der Waals surface area (Å²) in [4.78, 5) is 7.18. The lowest BCUT2D eigenvalue weighted by Crippen LogP contribution is -2.30. The fourth-order valence-electron chi connectivity index (χ4n) is 3.34. The highest BCUT2D eigenvalue weighted by atomic mass is 16.5. The smallest absolute Gasteiger partial charge is 0.218 e. The van der Waals surface area contributed by atoms with Gasteiger partial charge in [0.05, 0.1) is 5.52 Å². The van der Waals surface area contributed by atoms with Crippen molar-refractivity contribution >= 4 is 10.9 Å². The minimum absolute atomic E-state index is 0.654. The monoisotopic (exact) mass is 348 g/mol. The number of fused-ring (bicyclic) bond motifs is 2. The summed E-state index contributed by atoms with van der Waals surface area (Å²) in [6.45, 7) is 8.15. The van der Waals surface area contributed by atoms with Crippen molar-refractivity contribution in [2.75, 3.05) is 26.3 Å². The average Bonchev–Trinajstić information content (AvgIpc) is 2.86. The number of aryl methyl sites for hydroxylation is 2. The summed E-state index contributed by atoms with van der Waals surface area (Å²) in [6.07, 6.45) is 0. The van der Waals surface area contributed by atoms with Gasteiger partial charge in [-0.25, -0.2) is 4.98 Å². The van der Waals surface area contributed by atoms with Crippen molar-refractivity contribution in [1.82, 2.24) is 9.88 Å². The highest BCUT2D eigenvalue weighted by Gasteiger charge is 2.18. The Bertz CT molecular complexity index is 909. The molecule has 0 saturated heterocycles. The van der Waals surface area contributed by atoms with Crippen molar-refractivity contribution < 1.29 is 9.47 Å². The zero-order valence-electron chi connectivity index (χ0n) is 15.4. The van der Waals surface area contributed by atoms with Gasteiger partial charge in [0.15, 0.2) is 0 Å². The minimum Gasteiger partial charge on any atom is -0.492 e. The predicted molar refractivity (Wildman–Crippen MR) is 104 cm³/mol. The first-order valence-corrected chi connectivity index (χ1v) is 9.13. The van der Waals surface area contributed by atoms with Crippen LogP contribution in [0.15, 0.2) is 48.5 Å². The second-order valence-corrected chi connectivity index (χ2v) is 6.82. The van der Waals surface area contributed by atoms with Gasteiger partial charge in [0.25, 0.3) is 0 Å². The second kappa shape index (κ2) is 7.34. The SMILES string of the molecule is Cc1ccc2cc3c(nc2c1C)OCCN(CCOc1ccccc1)C3. The summed E-state index contributed by atoms with van der Waals surface area (Å²) >= 11 is 0. The molecule has 0 bridgehead atoms. The molecular weight excluding hydrogens is 324 g/mol. The van der Waals surface area contributed by atoms with Crippen LogP contribution >= 0.6 is 0 Å². The number of ether oxygens (including phenoxy) is 2. The van der Waals surface area contributed by atoms with E-state index in [2.05, 4.69) is 36.9 Å². The summed E-state index contributed by atoms with van der Waals surface area (Å²) in [6, 6.07) is 16.5. The summed E-state index contributed by atoms with van der Waals surface area (Å²) in [7, 11) is 0. The van der Waals surface area contributed by atoms with Gasteiger partial charge in [-0.2, -0.15) is 0 Å². The number of benzene rings is 2. The normalized spacial score (nSPS) is 14.5. The van der Waals surface area contributed by atoms with Gasteiger partial charge in [-0.3, -0.25) is 4.90 Å². The molecule has 0 N–H and O–H groups in total. The average molecular weight is 348 g/mol. The van der Waals surface area contributed by atoms with Gasteiger partial charge in [0.1, 0.15) is 19.0 Å². The van der Waals surface area contributed by atoms with Gasteiger partial charge in [-0.1, -0.05) is 30.3 Å². The van der Waals surface area contributed by atoms with Crippen LogP contribution < -0.4 is 9.47 Å². The Kier molecular flexibility index (Phi) is 4.76. The Balaban J connectivity index is 1.49. The zero-order chi connectivity index (χ0) is 17.9. The van der Waals surface area contributed by atoms with E-state index in [-0.39, 0.29) is 0 Å². The number of para-hydroxylation sites is 1. The lowest BCUT2D eigenvalue weighted by atomic mass is 10.0. The number of pyridine rings is 1. The van der Waals surface area contributed by atoms with Crippen molar-refractivity contribution in [3.05, 3.63) is 65.2 Å². The van der Waals surface area contributed by atoms with Gasteiger partial charge >= 0.3 is 0 Å². The van der Waals surface area contributed by atoms with Crippen LogP contribution in [0.1, 0.15) is 16.7 Å². The molecule has 2 aromatic carbocycles. The highest BCUT2D eigenvalue weighted by molar-refractivity contribution is 5.84. The molecule has 1 aliphatic heterocycles. The molecule has 0 amide bonds. The molecule has 134 valence electrons. The molecule has 1 aliphatic rings. The Morgan fingerprint density at radius 3 is 2.81 bits per heavy atom. The maximum absolute atomic E-state index is 5.95. The van der Waals surface area contributed by atoms with Gasteiger partial charge < -0.3 is 9.47 Å². The maximum Gasteiger partial charge on any atom is 0.218 e. The quantitative estimate of drug-likeness (QED) is 0.710. The second-order valence-electron chi connectivity index (χ2n) is 6.82. The third-order valence-electron chi connectivity index (χ3n) is 5.01. The van der Waals surface area contributed by atoms with Crippen molar-refractivity contribution in [3.63, 3.8) is 0 Å². The molecule has 0 radical (unpaired) electrons. The van der Waals surface area contributed by atoms with Crippen LogP contribution in [0.4, 0.5) is 0 Å². The molecule has 0 unspecified atom stereocenters. The number of hydrogen-bond donors (Lipinski definition) is 0. The molecule has 4 nitrogen and oxygen atoms in total. The van der Waals surface area contributed by atoms with Crippen molar-refractivity contribution in [3.8, 4) is 11.6 Å². The predicted octanol–water partition coefficient (Wildman–Crippen LogP) is 4.13. The lowest BCUT2D eigenvalue weighted by Gasteiger charge is -2.19. The fourth-order valence-corrected chi connectivity index (χ4v) is 3.34. The molecule has 1 aromatic heterocycles. The number of aromatic nitrogens is 1. The fraction of sp³-hybridized carbons (Fsp3) is 0.318. The van der Waals surface area contributed by atoms with Crippen molar-refractivity contribution in [2.24, 2.45) is 0 Å². The lowest BCUT2D eigenvalue weighted by molar-refractivity contribution is 0.185. The largest absolute Gasteiger partial charge is 0.492 e. The molecule has 4 rings (SSSR count). The summed E-state index contributed by atoms with van der Waals surface area (Å²) in [5.41, 5.74) is 4.69. The Labute approximate surface area is 154 Å². The molecule has 0 aliphatic carbocycles. The number of hydrogen-bond acceptors (Lipinski definition) is 4. The van der Waals surface area contributed by atoms with E-state index in [1.165, 1.54) is 16.5 Å². The van der Waals surface area contributed by atoms with E-state index in [0.717, 1.165) is 42.3 Å². The summed E-state index contributed by atoms with van der Waals surface area (Å²) in [5, 5.41) is 1.18. The Morgan fingerprint density at radius 2 is 1.96 bits per heavy atom. The van der Waals surface area contributed by atoms with Crippen LogP contribution in [-0.2, 0) is 6.54 Å². The Hall–Kier alpha value is -2.59. The molecule has 0 saturated carbocycles. The molecule has 26 heavy (non-hydrogen) atoms. The van der Waals surface area contributed by atoms with Gasteiger partial charge in [0.2, 0.25) is 5.88 Å². The van der Waals surface area contributed by atoms with Crippen LogP contribution in [0.3, 0.4) is 0 Å². The van der Waals surface area contributed by atoms with E-state index in [0.29, 0.717) is 13.2 Å². The highest BCUT2D eigenvalue weighted by Crippen LogP contribution is 2.28. The van der Waals surface area contributed by atoms with Crippen molar-refractivity contribution in [1.29, 1.82) is 0 Å². The first-order valence-electron chi connectivity index (χ1n) is 9.13. The van der Waals surface area contributed by atoms with Gasteiger partial charge in [-0.05, 0) is 43.2 Å². The van der Waals surface area contributed by atoms with E-state index < -0.39 is 0 Å². The van der Waals surface area contributed by atoms with Crippen molar-refractivity contribution in [2.45, 2.75) is 20.4 Å². The molecule has 3 aromatic rings. The Morgan fingerprint density at radius 1 is 1.12 bits per heavy atom. The standard InChI is InChI=1S/C22H24N2O2/c1-16-8-9-18-14-19-15-24(10-12-25-20-6-4-3-5-7-20)11-13-26-22(19)23-21(18)17(16)2/h3-9,14H,10-13,15H2,1-2H3. The molecule has 4 heteroatoms. The van der Waals surface area contributed by atoms with Crippen LogP contribution in [-0.4, -0.2) is 36.2 Å². The van der Waals surface area contributed by atoms with E-state index in [4.69, 9.17) is 14.5 Å².